The van der Waals surface area contributed by atoms with Crippen LogP contribution in [0.1, 0.15) is 31.3 Å². The Labute approximate surface area is 134 Å². The van der Waals surface area contributed by atoms with Crippen LogP contribution in [0, 0.1) is 0 Å². The standard InChI is InChI=1S/C17H21N5O/c1-11(17-20-12-6-3-4-7-14(12)21(17)2)19-13-10-15(23)16(13)22-9-5-8-18-22/h3-9,11,13,15-16,19,23H,10H2,1-2H3/t11?,13-,15+,16+/m0/s1. The van der Waals surface area contributed by atoms with Gasteiger partial charge in [0, 0.05) is 25.5 Å². The Morgan fingerprint density at radius 1 is 1.30 bits per heavy atom. The summed E-state index contributed by atoms with van der Waals surface area (Å²) < 4.78 is 3.97. The van der Waals surface area contributed by atoms with E-state index in [0.29, 0.717) is 0 Å². The summed E-state index contributed by atoms with van der Waals surface area (Å²) in [6.07, 6.45) is 4.04. The number of hydrogen-bond acceptors (Lipinski definition) is 4. The van der Waals surface area contributed by atoms with Crippen LogP contribution in [-0.2, 0) is 7.05 Å². The third-order valence-electron chi connectivity index (χ3n) is 4.81. The average Bonchev–Trinajstić information content (AvgIpc) is 3.15. The number of benzene rings is 1. The predicted octanol–water partition coefficient (Wildman–Crippen LogP) is 1.79. The van der Waals surface area contributed by atoms with E-state index in [1.807, 2.05) is 42.2 Å². The maximum Gasteiger partial charge on any atom is 0.126 e. The van der Waals surface area contributed by atoms with Crippen molar-refractivity contribution in [3.8, 4) is 0 Å². The minimum Gasteiger partial charge on any atom is -0.391 e. The van der Waals surface area contributed by atoms with Gasteiger partial charge in [-0.1, -0.05) is 12.1 Å². The molecular weight excluding hydrogens is 290 g/mol. The van der Waals surface area contributed by atoms with Crippen molar-refractivity contribution in [1.29, 1.82) is 0 Å². The van der Waals surface area contributed by atoms with Gasteiger partial charge in [0.1, 0.15) is 5.82 Å². The van der Waals surface area contributed by atoms with Crippen molar-refractivity contribution in [2.24, 2.45) is 7.05 Å². The van der Waals surface area contributed by atoms with Crippen LogP contribution < -0.4 is 5.32 Å². The highest BCUT2D eigenvalue weighted by Crippen LogP contribution is 2.34. The van der Waals surface area contributed by atoms with Gasteiger partial charge in [-0.2, -0.15) is 5.10 Å². The van der Waals surface area contributed by atoms with Crippen LogP contribution in [0.3, 0.4) is 0 Å². The minimum atomic E-state index is -0.347. The number of imidazole rings is 1. The van der Waals surface area contributed by atoms with Gasteiger partial charge in [-0.05, 0) is 31.5 Å². The van der Waals surface area contributed by atoms with Crippen LogP contribution in [0.2, 0.25) is 0 Å². The van der Waals surface area contributed by atoms with Gasteiger partial charge in [0.25, 0.3) is 0 Å². The summed E-state index contributed by atoms with van der Waals surface area (Å²) in [6, 6.07) is 10.3. The highest BCUT2D eigenvalue weighted by Gasteiger charge is 2.42. The molecule has 6 nitrogen and oxygen atoms in total. The van der Waals surface area contributed by atoms with E-state index in [1.54, 1.807) is 6.20 Å². The Morgan fingerprint density at radius 2 is 2.13 bits per heavy atom. The molecule has 1 aromatic carbocycles. The first kappa shape index (κ1) is 14.4. The second-order valence-electron chi connectivity index (χ2n) is 6.29. The topological polar surface area (TPSA) is 67.9 Å². The molecule has 0 saturated heterocycles. The van der Waals surface area contributed by atoms with E-state index in [2.05, 4.69) is 28.0 Å². The molecular formula is C17H21N5O. The maximum absolute atomic E-state index is 10.1. The van der Waals surface area contributed by atoms with Gasteiger partial charge in [-0.3, -0.25) is 4.68 Å². The first-order valence-corrected chi connectivity index (χ1v) is 7.99. The smallest absolute Gasteiger partial charge is 0.126 e. The maximum atomic E-state index is 10.1. The van der Waals surface area contributed by atoms with Crippen molar-refractivity contribution >= 4 is 11.0 Å². The highest BCUT2D eigenvalue weighted by atomic mass is 16.3. The van der Waals surface area contributed by atoms with Gasteiger partial charge in [0.05, 0.1) is 29.2 Å². The first-order valence-electron chi connectivity index (χ1n) is 7.99. The largest absolute Gasteiger partial charge is 0.391 e. The molecule has 2 aromatic heterocycles. The molecule has 0 aliphatic heterocycles. The van der Waals surface area contributed by atoms with Gasteiger partial charge in [-0.15, -0.1) is 0 Å². The van der Waals surface area contributed by atoms with E-state index in [0.717, 1.165) is 23.3 Å². The van der Waals surface area contributed by atoms with Crippen molar-refractivity contribution in [2.75, 3.05) is 0 Å². The van der Waals surface area contributed by atoms with E-state index in [4.69, 9.17) is 4.98 Å². The van der Waals surface area contributed by atoms with Gasteiger partial charge >= 0.3 is 0 Å². The number of para-hydroxylation sites is 2. The summed E-state index contributed by atoms with van der Waals surface area (Å²) in [7, 11) is 2.05. The minimum absolute atomic E-state index is 0.0119. The van der Waals surface area contributed by atoms with Gasteiger partial charge in [-0.25, -0.2) is 4.98 Å². The molecule has 3 aromatic rings. The second-order valence-corrected chi connectivity index (χ2v) is 6.29. The molecule has 120 valence electrons. The molecule has 1 fully saturated rings. The Balaban J connectivity index is 1.55. The summed E-state index contributed by atoms with van der Waals surface area (Å²) in [4.78, 5) is 4.75. The lowest BCUT2D eigenvalue weighted by Gasteiger charge is -2.43. The fraction of sp³-hybridized carbons (Fsp3) is 0.412. The summed E-state index contributed by atoms with van der Waals surface area (Å²) >= 11 is 0. The molecule has 1 unspecified atom stereocenters. The number of aryl methyl sites for hydroxylation is 1. The molecule has 2 N–H and O–H groups in total. The van der Waals surface area contributed by atoms with Crippen LogP contribution in [0.5, 0.6) is 0 Å². The zero-order valence-electron chi connectivity index (χ0n) is 13.3. The van der Waals surface area contributed by atoms with Gasteiger partial charge in [0.2, 0.25) is 0 Å². The number of nitrogens with zero attached hydrogens (tertiary/aromatic N) is 4. The number of aliphatic hydroxyl groups excluding tert-OH is 1. The molecule has 23 heavy (non-hydrogen) atoms. The fourth-order valence-corrected chi connectivity index (χ4v) is 3.54. The summed E-state index contributed by atoms with van der Waals surface area (Å²) in [5.74, 6) is 1.01. The molecule has 1 aliphatic carbocycles. The van der Waals surface area contributed by atoms with Crippen LogP contribution in [-0.4, -0.2) is 36.6 Å². The summed E-state index contributed by atoms with van der Waals surface area (Å²) in [5, 5.41) is 17.9. The van der Waals surface area contributed by atoms with E-state index in [9.17, 15) is 5.11 Å². The molecule has 0 radical (unpaired) electrons. The molecule has 4 rings (SSSR count). The van der Waals surface area contributed by atoms with Gasteiger partial charge < -0.3 is 15.0 Å². The number of aliphatic hydroxyl groups is 1. The zero-order valence-corrected chi connectivity index (χ0v) is 13.3. The van der Waals surface area contributed by atoms with Crippen molar-refractivity contribution in [3.05, 3.63) is 48.5 Å². The average molecular weight is 311 g/mol. The van der Waals surface area contributed by atoms with E-state index >= 15 is 0 Å². The molecule has 1 aliphatic rings. The predicted molar refractivity (Wildman–Crippen MR) is 87.9 cm³/mol. The second kappa shape index (κ2) is 5.47. The Bertz CT molecular complexity index is 810. The number of hydrogen-bond donors (Lipinski definition) is 2. The van der Waals surface area contributed by atoms with Crippen LogP contribution in [0.15, 0.2) is 42.7 Å². The zero-order chi connectivity index (χ0) is 16.0. The molecule has 0 bridgehead atoms. The quantitative estimate of drug-likeness (QED) is 0.771. The molecule has 0 amide bonds. The van der Waals surface area contributed by atoms with Crippen LogP contribution in [0.4, 0.5) is 0 Å². The monoisotopic (exact) mass is 311 g/mol. The van der Waals surface area contributed by atoms with Crippen LogP contribution in [0.25, 0.3) is 11.0 Å². The lowest BCUT2D eigenvalue weighted by atomic mass is 9.82. The van der Waals surface area contributed by atoms with Crippen LogP contribution >= 0.6 is 0 Å². The highest BCUT2D eigenvalue weighted by molar-refractivity contribution is 5.75. The Morgan fingerprint density at radius 3 is 2.83 bits per heavy atom. The van der Waals surface area contributed by atoms with E-state index < -0.39 is 0 Å². The SMILES string of the molecule is CC(N[C@H]1C[C@@H](O)[C@@H]1n1cccn1)c1nc2ccccc2n1C. The van der Waals surface area contributed by atoms with Crippen molar-refractivity contribution in [1.82, 2.24) is 24.6 Å². The fourth-order valence-electron chi connectivity index (χ4n) is 3.54. The molecule has 1 saturated carbocycles. The normalized spacial score (nSPS) is 25.4. The van der Waals surface area contributed by atoms with E-state index in [-0.39, 0.29) is 24.2 Å². The lowest BCUT2D eigenvalue weighted by molar-refractivity contribution is -0.0114. The van der Waals surface area contributed by atoms with Crippen molar-refractivity contribution < 1.29 is 5.11 Å². The third kappa shape index (κ3) is 2.34. The molecule has 4 atom stereocenters. The molecule has 2 heterocycles. The Hall–Kier alpha value is -2.18. The summed E-state index contributed by atoms with van der Waals surface area (Å²) in [6.45, 7) is 2.12. The number of fused-ring (bicyclic) bond motifs is 1. The van der Waals surface area contributed by atoms with Crippen molar-refractivity contribution in [2.45, 2.75) is 37.6 Å². The summed E-state index contributed by atoms with van der Waals surface area (Å²) in [5.41, 5.74) is 2.14. The number of nitrogens with one attached hydrogen (secondary N) is 1. The van der Waals surface area contributed by atoms with Crippen molar-refractivity contribution in [3.63, 3.8) is 0 Å². The first-order chi connectivity index (χ1) is 11.1. The Kier molecular flexibility index (Phi) is 3.43. The molecule has 6 heteroatoms. The lowest BCUT2D eigenvalue weighted by Crippen LogP contribution is -2.55. The van der Waals surface area contributed by atoms with Gasteiger partial charge in [0.15, 0.2) is 0 Å². The molecule has 0 spiro atoms. The number of aromatic nitrogens is 4. The van der Waals surface area contributed by atoms with E-state index in [1.165, 1.54) is 0 Å². The third-order valence-corrected chi connectivity index (χ3v) is 4.81. The number of rotatable bonds is 4.